The number of aliphatic imine (C=N–C) groups is 1. The molecule has 0 amide bonds. The predicted molar refractivity (Wildman–Crippen MR) is 61.5 cm³/mol. The Kier molecular flexibility index (Phi) is 2.67. The number of rotatable bonds is 4. The molecule has 14 heavy (non-hydrogen) atoms. The van der Waals surface area contributed by atoms with Crippen LogP contribution in [-0.4, -0.2) is 5.71 Å². The van der Waals surface area contributed by atoms with E-state index >= 15 is 0 Å². The zero-order chi connectivity index (χ0) is 9.97. The van der Waals surface area contributed by atoms with Crippen molar-refractivity contribution < 1.29 is 0 Å². The number of nitrogens with zero attached hydrogens (tertiary/aromatic N) is 1. The summed E-state index contributed by atoms with van der Waals surface area (Å²) in [5.41, 5.74) is 5.47. The van der Waals surface area contributed by atoms with Crippen molar-refractivity contribution in [3.8, 4) is 0 Å². The molecule has 2 rings (SSSR count). The van der Waals surface area contributed by atoms with E-state index in [2.05, 4.69) is 24.6 Å². The van der Waals surface area contributed by atoms with Crippen LogP contribution in [-0.2, 0) is 0 Å². The summed E-state index contributed by atoms with van der Waals surface area (Å²) in [6.07, 6.45) is 10.1. The molecule has 0 unspecified atom stereocenters. The Hall–Kier alpha value is -1.11. The molecule has 0 bridgehead atoms. The molecule has 0 spiro atoms. The van der Waals surface area contributed by atoms with Gasteiger partial charge in [-0.05, 0) is 43.3 Å². The molecule has 0 aromatic rings. The number of hydrogen-bond acceptors (Lipinski definition) is 1. The van der Waals surface area contributed by atoms with Gasteiger partial charge in [-0.15, -0.1) is 0 Å². The molecule has 0 aliphatic heterocycles. The molecule has 0 aromatic carbocycles. The molecular formula is C13H17N. The highest BCUT2D eigenvalue weighted by molar-refractivity contribution is 5.98. The maximum absolute atomic E-state index is 4.61. The van der Waals surface area contributed by atoms with Gasteiger partial charge in [-0.2, -0.15) is 0 Å². The van der Waals surface area contributed by atoms with Gasteiger partial charge in [-0.1, -0.05) is 25.7 Å². The monoisotopic (exact) mass is 187 g/mol. The van der Waals surface area contributed by atoms with Gasteiger partial charge in [0.2, 0.25) is 0 Å². The van der Waals surface area contributed by atoms with Crippen LogP contribution in [0.25, 0.3) is 0 Å². The Balaban J connectivity index is 2.14. The van der Waals surface area contributed by atoms with Gasteiger partial charge in [0, 0.05) is 11.4 Å². The Morgan fingerprint density at radius 2 is 2.14 bits per heavy atom. The Bertz CT molecular complexity index is 336. The second kappa shape index (κ2) is 3.95. The lowest BCUT2D eigenvalue weighted by Crippen LogP contribution is -2.01. The van der Waals surface area contributed by atoms with Crippen molar-refractivity contribution in [2.45, 2.75) is 39.0 Å². The fraction of sp³-hybridized carbons (Fsp3) is 0.462. The van der Waals surface area contributed by atoms with Crippen molar-refractivity contribution in [2.24, 2.45) is 4.99 Å². The molecule has 1 saturated carbocycles. The molecule has 74 valence electrons. The maximum atomic E-state index is 4.61. The van der Waals surface area contributed by atoms with Crippen LogP contribution in [0.5, 0.6) is 0 Å². The van der Waals surface area contributed by atoms with E-state index in [9.17, 15) is 0 Å². The van der Waals surface area contributed by atoms with Crippen LogP contribution in [0.2, 0.25) is 0 Å². The first-order chi connectivity index (χ1) is 6.83. The van der Waals surface area contributed by atoms with Crippen LogP contribution in [0.3, 0.4) is 0 Å². The topological polar surface area (TPSA) is 12.4 Å². The lowest BCUT2D eigenvalue weighted by atomic mass is 9.92. The summed E-state index contributed by atoms with van der Waals surface area (Å²) < 4.78 is 0. The molecule has 0 saturated heterocycles. The summed E-state index contributed by atoms with van der Waals surface area (Å²) in [4.78, 5) is 4.61. The van der Waals surface area contributed by atoms with Gasteiger partial charge < -0.3 is 0 Å². The van der Waals surface area contributed by atoms with Gasteiger partial charge >= 0.3 is 0 Å². The van der Waals surface area contributed by atoms with E-state index in [-0.39, 0.29) is 0 Å². The summed E-state index contributed by atoms with van der Waals surface area (Å²) in [6, 6.07) is 0. The zero-order valence-corrected chi connectivity index (χ0v) is 8.84. The van der Waals surface area contributed by atoms with Gasteiger partial charge in [0.25, 0.3) is 0 Å². The first-order valence-corrected chi connectivity index (χ1v) is 5.45. The minimum absolute atomic E-state index is 1.07. The first kappa shape index (κ1) is 9.45. The smallest absolute Gasteiger partial charge is 0.0438 e. The van der Waals surface area contributed by atoms with E-state index in [1.54, 1.807) is 0 Å². The van der Waals surface area contributed by atoms with Crippen molar-refractivity contribution in [3.63, 3.8) is 0 Å². The van der Waals surface area contributed by atoms with Crippen LogP contribution >= 0.6 is 0 Å². The second-order valence-corrected chi connectivity index (χ2v) is 3.93. The largest absolute Gasteiger partial charge is 0.262 e. The van der Waals surface area contributed by atoms with Crippen LogP contribution in [0, 0.1) is 0 Å². The van der Waals surface area contributed by atoms with Gasteiger partial charge in [0.1, 0.15) is 0 Å². The van der Waals surface area contributed by atoms with Crippen molar-refractivity contribution in [1.82, 2.24) is 0 Å². The van der Waals surface area contributed by atoms with Gasteiger partial charge in [0.05, 0.1) is 0 Å². The second-order valence-electron chi connectivity index (χ2n) is 3.93. The van der Waals surface area contributed by atoms with Gasteiger partial charge in [-0.25, -0.2) is 0 Å². The van der Waals surface area contributed by atoms with Crippen molar-refractivity contribution in [1.29, 1.82) is 0 Å². The first-order valence-electron chi connectivity index (χ1n) is 5.45. The normalized spacial score (nSPS) is 20.6. The van der Waals surface area contributed by atoms with E-state index in [0.717, 1.165) is 6.42 Å². The number of allylic oxidation sites excluding steroid dienone is 5. The van der Waals surface area contributed by atoms with Gasteiger partial charge in [-0.3, -0.25) is 4.99 Å². The van der Waals surface area contributed by atoms with E-state index in [0.29, 0.717) is 0 Å². The standard InChI is InChI=1S/C13H17N/c1-3-10(4-2)9-11-5-8-13(11)14-12-6-7-12/h3,9H,1,4-8H2,2H3/b10-9-. The minimum Gasteiger partial charge on any atom is -0.262 e. The molecular weight excluding hydrogens is 170 g/mol. The molecule has 1 heteroatoms. The highest BCUT2D eigenvalue weighted by atomic mass is 14.8. The van der Waals surface area contributed by atoms with Crippen LogP contribution in [0.1, 0.15) is 39.0 Å². The Morgan fingerprint density at radius 3 is 2.57 bits per heavy atom. The third-order valence-corrected chi connectivity index (χ3v) is 2.80. The van der Waals surface area contributed by atoms with E-state index < -0.39 is 0 Å². The predicted octanol–water partition coefficient (Wildman–Crippen LogP) is 3.79. The highest BCUT2D eigenvalue weighted by Crippen LogP contribution is 2.33. The quantitative estimate of drug-likeness (QED) is 0.594. The molecule has 0 N–H and O–H groups in total. The third-order valence-electron chi connectivity index (χ3n) is 2.80. The van der Waals surface area contributed by atoms with E-state index in [1.165, 1.54) is 48.2 Å². The molecule has 0 heterocycles. The summed E-state index contributed by atoms with van der Waals surface area (Å²) in [6.45, 7) is 5.98. The average molecular weight is 187 g/mol. The van der Waals surface area contributed by atoms with Crippen LogP contribution in [0.15, 0.2) is 40.6 Å². The molecule has 2 aliphatic rings. The summed E-state index contributed by atoms with van der Waals surface area (Å²) in [5, 5.41) is 0. The molecule has 1 fully saturated rings. The lowest BCUT2D eigenvalue weighted by molar-refractivity contribution is 0.809. The fourth-order valence-electron chi connectivity index (χ4n) is 1.55. The van der Waals surface area contributed by atoms with Crippen molar-refractivity contribution >= 4 is 5.71 Å². The van der Waals surface area contributed by atoms with E-state index in [1.807, 2.05) is 6.08 Å². The summed E-state index contributed by atoms with van der Waals surface area (Å²) in [7, 11) is 0. The molecule has 1 nitrogen and oxygen atoms in total. The highest BCUT2D eigenvalue weighted by Gasteiger charge is 2.19. The molecule has 0 atom stereocenters. The summed E-state index contributed by atoms with van der Waals surface area (Å²) in [5.74, 6) is 0. The van der Waals surface area contributed by atoms with Crippen molar-refractivity contribution in [2.75, 3.05) is 0 Å². The third kappa shape index (κ3) is 2.03. The lowest BCUT2D eigenvalue weighted by Gasteiger charge is -2.18. The molecule has 2 aliphatic carbocycles. The molecule has 0 aromatic heterocycles. The SMILES string of the molecule is C=C/C(=C/C1=C(N=C2CC2)CC1)CC. The minimum atomic E-state index is 1.07. The van der Waals surface area contributed by atoms with Gasteiger partial charge in [0.15, 0.2) is 0 Å². The number of hydrogen-bond donors (Lipinski definition) is 0. The average Bonchev–Trinajstić information content (AvgIpc) is 2.98. The maximum Gasteiger partial charge on any atom is 0.0438 e. The van der Waals surface area contributed by atoms with Crippen LogP contribution in [0.4, 0.5) is 0 Å². The Morgan fingerprint density at radius 1 is 1.36 bits per heavy atom. The summed E-state index contributed by atoms with van der Waals surface area (Å²) >= 11 is 0. The fourth-order valence-corrected chi connectivity index (χ4v) is 1.55. The van der Waals surface area contributed by atoms with E-state index in [4.69, 9.17) is 0 Å². The van der Waals surface area contributed by atoms with Crippen molar-refractivity contribution in [3.05, 3.63) is 35.6 Å². The Labute approximate surface area is 85.9 Å². The molecule has 0 radical (unpaired) electrons. The zero-order valence-electron chi connectivity index (χ0n) is 8.84. The van der Waals surface area contributed by atoms with Crippen LogP contribution < -0.4 is 0 Å².